The fourth-order valence-corrected chi connectivity index (χ4v) is 6.18. The minimum Gasteiger partial charge on any atom is -0.445 e. The van der Waals surface area contributed by atoms with Crippen LogP contribution in [0.25, 0.3) is 0 Å². The highest BCUT2D eigenvalue weighted by atomic mass is 19.4. The molecule has 0 spiro atoms. The van der Waals surface area contributed by atoms with E-state index < -0.39 is 58.2 Å². The maximum absolute atomic E-state index is 14.7. The molecular formula is C36H47F3N4O6. The molecule has 0 bridgehead atoms. The fraction of sp³-hybridized carbons (Fsp3) is 0.556. The highest BCUT2D eigenvalue weighted by Gasteiger charge is 2.44. The minimum atomic E-state index is -4.86. The average molecular weight is 689 g/mol. The van der Waals surface area contributed by atoms with Gasteiger partial charge in [0, 0.05) is 42.8 Å². The normalized spacial score (nSPS) is 18.1. The lowest BCUT2D eigenvalue weighted by molar-refractivity contribution is -0.208. The quantitative estimate of drug-likeness (QED) is 0.327. The van der Waals surface area contributed by atoms with Gasteiger partial charge in [-0.15, -0.1) is 5.06 Å². The Morgan fingerprint density at radius 1 is 1.08 bits per heavy atom. The Labute approximate surface area is 285 Å². The van der Waals surface area contributed by atoms with Crippen LogP contribution in [-0.2, 0) is 38.4 Å². The second kappa shape index (κ2) is 14.8. The first-order valence-corrected chi connectivity index (χ1v) is 16.6. The van der Waals surface area contributed by atoms with E-state index in [0.29, 0.717) is 19.4 Å². The van der Waals surface area contributed by atoms with Gasteiger partial charge in [-0.25, -0.2) is 9.59 Å². The standard InChI is InChI=1S/C36H47F3N4O6/c1-23(2)43(26-14-11-16-41(21-26)49-32(46)34(3,4)5)30(44)27-19-29-25(18-28(27)36(37,38)39)20-35(6,7)31(45)42(29)17-15-40-33(47)48-22-24-12-9-8-10-13-24/h8-10,12-13,18-19,23,26H,11,14-17,20-22H2,1-7H3,(H,40,47)/t26-/m1/s1. The summed E-state index contributed by atoms with van der Waals surface area (Å²) in [5.41, 5.74) is -2.20. The molecule has 13 heteroatoms. The van der Waals surface area contributed by atoms with Gasteiger partial charge < -0.3 is 24.7 Å². The molecule has 2 aromatic rings. The Kier molecular flexibility index (Phi) is 11.4. The van der Waals surface area contributed by atoms with Crippen molar-refractivity contribution in [2.45, 2.75) is 92.6 Å². The van der Waals surface area contributed by atoms with Gasteiger partial charge in [0.05, 0.1) is 23.1 Å². The number of nitrogens with one attached hydrogen (secondary N) is 1. The van der Waals surface area contributed by atoms with E-state index in [4.69, 9.17) is 9.57 Å². The number of alkyl carbamates (subject to hydrolysis) is 1. The SMILES string of the molecule is CC(C)N(C(=O)c1cc2c(cc1C(F)(F)F)CC(C)(C)C(=O)N2CCNC(=O)OCc1ccccc1)[C@@H]1CCCN(OC(=O)C(C)(C)C)C1. The number of carbonyl (C=O) groups excluding carboxylic acids is 4. The van der Waals surface area contributed by atoms with Gasteiger partial charge in [-0.3, -0.25) is 9.59 Å². The zero-order valence-corrected chi connectivity index (χ0v) is 29.3. The van der Waals surface area contributed by atoms with Crippen molar-refractivity contribution >= 4 is 29.6 Å². The van der Waals surface area contributed by atoms with Gasteiger partial charge >= 0.3 is 18.2 Å². The monoisotopic (exact) mass is 688 g/mol. The summed E-state index contributed by atoms with van der Waals surface area (Å²) >= 11 is 0. The lowest BCUT2D eigenvalue weighted by atomic mass is 9.79. The molecule has 2 aromatic carbocycles. The summed E-state index contributed by atoms with van der Waals surface area (Å²) in [5, 5.41) is 4.08. The summed E-state index contributed by atoms with van der Waals surface area (Å²) in [6.07, 6.45) is -4.47. The lowest BCUT2D eigenvalue weighted by Crippen LogP contribution is -2.53. The number of halogens is 3. The van der Waals surface area contributed by atoms with Crippen LogP contribution >= 0.6 is 0 Å². The van der Waals surface area contributed by atoms with E-state index in [-0.39, 0.29) is 49.8 Å². The summed E-state index contributed by atoms with van der Waals surface area (Å²) in [6, 6.07) is 10.2. The Balaban J connectivity index is 1.62. The van der Waals surface area contributed by atoms with E-state index in [1.807, 2.05) is 18.2 Å². The van der Waals surface area contributed by atoms with Crippen LogP contribution in [0.15, 0.2) is 42.5 Å². The maximum Gasteiger partial charge on any atom is 0.417 e. The molecule has 0 unspecified atom stereocenters. The molecule has 0 radical (unpaired) electrons. The number of rotatable bonds is 9. The average Bonchev–Trinajstić information content (AvgIpc) is 3.01. The zero-order valence-electron chi connectivity index (χ0n) is 29.3. The molecule has 0 aromatic heterocycles. The highest BCUT2D eigenvalue weighted by Crippen LogP contribution is 2.43. The molecule has 2 aliphatic rings. The molecule has 3 amide bonds. The van der Waals surface area contributed by atoms with Crippen LogP contribution in [0.3, 0.4) is 0 Å². The summed E-state index contributed by atoms with van der Waals surface area (Å²) < 4.78 is 49.3. The molecule has 49 heavy (non-hydrogen) atoms. The van der Waals surface area contributed by atoms with Crippen LogP contribution in [0.4, 0.5) is 23.7 Å². The predicted molar refractivity (Wildman–Crippen MR) is 177 cm³/mol. The number of ether oxygens (including phenoxy) is 1. The number of nitrogens with zero attached hydrogens (tertiary/aromatic N) is 3. The Hall–Kier alpha value is -4.13. The smallest absolute Gasteiger partial charge is 0.417 e. The molecule has 10 nitrogen and oxygen atoms in total. The Morgan fingerprint density at radius 3 is 2.37 bits per heavy atom. The number of anilines is 1. The third kappa shape index (κ3) is 9.11. The van der Waals surface area contributed by atoms with Gasteiger partial charge in [0.2, 0.25) is 5.91 Å². The van der Waals surface area contributed by atoms with Crippen molar-refractivity contribution in [2.75, 3.05) is 31.1 Å². The van der Waals surface area contributed by atoms with E-state index in [1.165, 1.54) is 14.9 Å². The minimum absolute atomic E-state index is 0.0341. The number of fused-ring (bicyclic) bond motifs is 1. The van der Waals surface area contributed by atoms with Gasteiger partial charge in [0.25, 0.3) is 5.91 Å². The molecule has 4 rings (SSSR count). The van der Waals surface area contributed by atoms with Gasteiger partial charge in [0.15, 0.2) is 0 Å². The van der Waals surface area contributed by atoms with E-state index in [2.05, 4.69) is 5.32 Å². The maximum atomic E-state index is 14.7. The third-order valence-electron chi connectivity index (χ3n) is 8.69. The van der Waals surface area contributed by atoms with Crippen molar-refractivity contribution < 1.29 is 41.9 Å². The van der Waals surface area contributed by atoms with Crippen LogP contribution in [0, 0.1) is 10.8 Å². The second-order valence-electron chi connectivity index (χ2n) is 14.6. The molecule has 268 valence electrons. The largest absolute Gasteiger partial charge is 0.445 e. The molecule has 1 atom stereocenters. The first kappa shape index (κ1) is 37.7. The topological polar surface area (TPSA) is 108 Å². The highest BCUT2D eigenvalue weighted by molar-refractivity contribution is 6.03. The van der Waals surface area contributed by atoms with Crippen LogP contribution in [0.2, 0.25) is 0 Å². The number of hydroxylamine groups is 2. The number of hydrogen-bond acceptors (Lipinski definition) is 7. The molecule has 1 N–H and O–H groups in total. The molecule has 2 heterocycles. The van der Waals surface area contributed by atoms with Crippen molar-refractivity contribution in [3.05, 3.63) is 64.7 Å². The Bertz CT molecular complexity index is 1540. The Morgan fingerprint density at radius 2 is 1.76 bits per heavy atom. The molecule has 2 aliphatic heterocycles. The zero-order chi connectivity index (χ0) is 36.3. The molecule has 0 saturated carbocycles. The fourth-order valence-electron chi connectivity index (χ4n) is 6.18. The van der Waals surface area contributed by atoms with E-state index in [1.54, 1.807) is 60.6 Å². The number of carbonyl (C=O) groups is 4. The lowest BCUT2D eigenvalue weighted by Gasteiger charge is -2.42. The van der Waals surface area contributed by atoms with Gasteiger partial charge in [0.1, 0.15) is 6.61 Å². The number of benzene rings is 2. The number of piperidine rings is 1. The number of alkyl halides is 3. The van der Waals surface area contributed by atoms with Crippen LogP contribution in [0.1, 0.15) is 88.4 Å². The first-order chi connectivity index (χ1) is 22.8. The molecule has 0 aliphatic carbocycles. The summed E-state index contributed by atoms with van der Waals surface area (Å²) in [4.78, 5) is 61.2. The number of hydrogen-bond donors (Lipinski definition) is 1. The van der Waals surface area contributed by atoms with E-state index in [0.717, 1.165) is 17.7 Å². The van der Waals surface area contributed by atoms with Crippen LogP contribution < -0.4 is 10.2 Å². The predicted octanol–water partition coefficient (Wildman–Crippen LogP) is 6.37. The van der Waals surface area contributed by atoms with E-state index >= 15 is 0 Å². The first-order valence-electron chi connectivity index (χ1n) is 16.6. The molecule has 1 saturated heterocycles. The molecular weight excluding hydrogens is 641 g/mol. The van der Waals surface area contributed by atoms with Gasteiger partial charge in [-0.2, -0.15) is 13.2 Å². The van der Waals surface area contributed by atoms with Crippen molar-refractivity contribution in [3.8, 4) is 0 Å². The van der Waals surface area contributed by atoms with Crippen molar-refractivity contribution in [3.63, 3.8) is 0 Å². The number of amides is 3. The van der Waals surface area contributed by atoms with Crippen molar-refractivity contribution in [1.29, 1.82) is 0 Å². The van der Waals surface area contributed by atoms with Gasteiger partial charge in [-0.1, -0.05) is 44.2 Å². The van der Waals surface area contributed by atoms with E-state index in [9.17, 15) is 32.3 Å². The van der Waals surface area contributed by atoms with Crippen molar-refractivity contribution in [2.24, 2.45) is 10.8 Å². The van der Waals surface area contributed by atoms with Crippen LogP contribution in [-0.4, -0.2) is 72.1 Å². The molecule has 1 fully saturated rings. The third-order valence-corrected chi connectivity index (χ3v) is 8.69. The van der Waals surface area contributed by atoms with Crippen LogP contribution in [0.5, 0.6) is 0 Å². The summed E-state index contributed by atoms with van der Waals surface area (Å²) in [6.45, 7) is 12.4. The summed E-state index contributed by atoms with van der Waals surface area (Å²) in [7, 11) is 0. The second-order valence-corrected chi connectivity index (χ2v) is 14.6. The summed E-state index contributed by atoms with van der Waals surface area (Å²) in [5.74, 6) is -1.63. The van der Waals surface area contributed by atoms with Gasteiger partial charge in [-0.05, 0) is 77.1 Å². The van der Waals surface area contributed by atoms with Crippen molar-refractivity contribution in [1.82, 2.24) is 15.3 Å².